The van der Waals surface area contributed by atoms with E-state index in [9.17, 15) is 0 Å². The van der Waals surface area contributed by atoms with Crippen LogP contribution in [0.1, 0.15) is 45.6 Å². The van der Waals surface area contributed by atoms with E-state index in [0.717, 1.165) is 22.5 Å². The van der Waals surface area contributed by atoms with Gasteiger partial charge in [-0.25, -0.2) is 4.98 Å². The number of fused-ring (bicyclic) bond motifs is 1. The van der Waals surface area contributed by atoms with Gasteiger partial charge in [0, 0.05) is 23.0 Å². The molecule has 3 heterocycles. The number of aryl methyl sites for hydroxylation is 1. The Morgan fingerprint density at radius 2 is 1.81 bits per heavy atom. The van der Waals surface area contributed by atoms with Crippen molar-refractivity contribution in [2.45, 2.75) is 58.5 Å². The molecular weight excluding hydrogens is 362 g/mol. The second kappa shape index (κ2) is 7.16. The van der Waals surface area contributed by atoms with Crippen molar-refractivity contribution < 1.29 is 0 Å². The molecule has 0 spiro atoms. The molecule has 4 rings (SSSR count). The Balaban J connectivity index is 1.90. The number of aromatic nitrogens is 2. The van der Waals surface area contributed by atoms with Crippen molar-refractivity contribution in [1.82, 2.24) is 9.97 Å². The average molecular weight is 386 g/mol. The first-order chi connectivity index (χ1) is 12.6. The van der Waals surface area contributed by atoms with E-state index < -0.39 is 0 Å². The molecule has 0 bridgehead atoms. The second-order valence-corrected chi connectivity index (χ2v) is 8.43. The summed E-state index contributed by atoms with van der Waals surface area (Å²) < 4.78 is 0. The molecule has 2 unspecified atom stereocenters. The van der Waals surface area contributed by atoms with Crippen LogP contribution in [0.4, 0.5) is 5.82 Å². The van der Waals surface area contributed by atoms with Crippen molar-refractivity contribution in [2.75, 3.05) is 4.90 Å². The van der Waals surface area contributed by atoms with Crippen molar-refractivity contribution in [3.05, 3.63) is 40.5 Å². The van der Waals surface area contributed by atoms with E-state index in [1.165, 1.54) is 36.0 Å². The van der Waals surface area contributed by atoms with Gasteiger partial charge in [-0.2, -0.15) is 4.98 Å². The summed E-state index contributed by atoms with van der Waals surface area (Å²) >= 11 is 7.94. The first kappa shape index (κ1) is 17.7. The maximum atomic E-state index is 6.29. The highest BCUT2D eigenvalue weighted by Gasteiger charge is 2.29. The zero-order valence-electron chi connectivity index (χ0n) is 15.5. The van der Waals surface area contributed by atoms with Crippen molar-refractivity contribution in [3.63, 3.8) is 0 Å². The average Bonchev–Trinajstić information content (AvgIpc) is 3.05. The van der Waals surface area contributed by atoms with Gasteiger partial charge in [0.25, 0.3) is 0 Å². The molecule has 0 N–H and O–H groups in total. The predicted molar refractivity (Wildman–Crippen MR) is 112 cm³/mol. The molecule has 136 valence electrons. The largest absolute Gasteiger partial charge is 0.351 e. The van der Waals surface area contributed by atoms with Gasteiger partial charge >= 0.3 is 0 Å². The molecule has 1 aliphatic rings. The van der Waals surface area contributed by atoms with Crippen LogP contribution in [0.2, 0.25) is 5.28 Å². The van der Waals surface area contributed by atoms with Gasteiger partial charge in [0.1, 0.15) is 10.6 Å². The zero-order valence-corrected chi connectivity index (χ0v) is 17.1. The van der Waals surface area contributed by atoms with Crippen LogP contribution in [0.3, 0.4) is 0 Å². The number of halogens is 1. The molecule has 1 aromatic carbocycles. The molecule has 1 aliphatic heterocycles. The van der Waals surface area contributed by atoms with Crippen LogP contribution in [0.25, 0.3) is 21.3 Å². The third-order valence-electron chi connectivity index (χ3n) is 5.50. The smallest absolute Gasteiger partial charge is 0.225 e. The lowest BCUT2D eigenvalue weighted by Gasteiger charge is -2.40. The number of hydrogen-bond donors (Lipinski definition) is 0. The first-order valence-corrected chi connectivity index (χ1v) is 10.7. The lowest BCUT2D eigenvalue weighted by Crippen LogP contribution is -2.44. The molecule has 1 fully saturated rings. The third-order valence-corrected chi connectivity index (χ3v) is 6.54. The number of anilines is 1. The number of piperidine rings is 1. The van der Waals surface area contributed by atoms with Gasteiger partial charge in [0.2, 0.25) is 5.28 Å². The highest BCUT2D eigenvalue weighted by Crippen LogP contribution is 2.41. The summed E-state index contributed by atoms with van der Waals surface area (Å²) in [6, 6.07) is 9.76. The second-order valence-electron chi connectivity index (χ2n) is 7.23. The summed E-state index contributed by atoms with van der Waals surface area (Å²) in [6.07, 6.45) is 4.71. The number of benzene rings is 1. The molecule has 2 aromatic heterocycles. The molecule has 1 saturated heterocycles. The Labute approximate surface area is 164 Å². The minimum Gasteiger partial charge on any atom is -0.351 e. The third kappa shape index (κ3) is 3.10. The predicted octanol–water partition coefficient (Wildman–Crippen LogP) is 6.34. The van der Waals surface area contributed by atoms with E-state index in [-0.39, 0.29) is 0 Å². The van der Waals surface area contributed by atoms with Gasteiger partial charge in [-0.3, -0.25) is 0 Å². The SMILES string of the molecule is CCc1ccc(-c2csc3nc(Cl)nc(N4C(C)CCCC4C)c23)cc1. The van der Waals surface area contributed by atoms with E-state index in [0.29, 0.717) is 17.4 Å². The van der Waals surface area contributed by atoms with Crippen molar-refractivity contribution in [2.24, 2.45) is 0 Å². The molecule has 0 amide bonds. The number of nitrogens with zero attached hydrogens (tertiary/aromatic N) is 3. The summed E-state index contributed by atoms with van der Waals surface area (Å²) in [6.45, 7) is 6.77. The minimum absolute atomic E-state index is 0.340. The van der Waals surface area contributed by atoms with Crippen molar-refractivity contribution in [3.8, 4) is 11.1 Å². The Morgan fingerprint density at radius 1 is 1.12 bits per heavy atom. The van der Waals surface area contributed by atoms with Crippen LogP contribution in [0, 0.1) is 0 Å². The summed E-state index contributed by atoms with van der Waals surface area (Å²) in [5.41, 5.74) is 3.79. The van der Waals surface area contributed by atoms with Crippen LogP contribution < -0.4 is 4.90 Å². The van der Waals surface area contributed by atoms with Gasteiger partial charge in [-0.1, -0.05) is 31.2 Å². The molecule has 0 aliphatic carbocycles. The van der Waals surface area contributed by atoms with Gasteiger partial charge in [-0.05, 0) is 62.3 Å². The standard InChI is InChI=1S/C21H24ClN3S/c1-4-15-8-10-16(11-9-15)17-12-26-20-18(17)19(23-21(22)24-20)25-13(2)6-5-7-14(25)3/h8-14H,4-7H2,1-3H3. The maximum absolute atomic E-state index is 6.29. The normalized spacial score (nSPS) is 20.7. The molecular formula is C21H24ClN3S. The lowest BCUT2D eigenvalue weighted by molar-refractivity contribution is 0.412. The molecule has 2 atom stereocenters. The lowest BCUT2D eigenvalue weighted by atomic mass is 9.96. The highest BCUT2D eigenvalue weighted by atomic mass is 35.5. The summed E-state index contributed by atoms with van der Waals surface area (Å²) in [5.74, 6) is 0.996. The molecule has 0 saturated carbocycles. The van der Waals surface area contributed by atoms with Crippen LogP contribution >= 0.6 is 22.9 Å². The van der Waals surface area contributed by atoms with Gasteiger partial charge < -0.3 is 4.90 Å². The van der Waals surface area contributed by atoms with E-state index in [2.05, 4.69) is 60.3 Å². The Hall–Kier alpha value is -1.65. The summed E-state index contributed by atoms with van der Waals surface area (Å²) in [4.78, 5) is 12.6. The van der Waals surface area contributed by atoms with Crippen LogP contribution in [-0.4, -0.2) is 22.1 Å². The quantitative estimate of drug-likeness (QED) is 0.492. The van der Waals surface area contributed by atoms with Crippen molar-refractivity contribution >= 4 is 39.0 Å². The topological polar surface area (TPSA) is 29.0 Å². The number of hydrogen-bond acceptors (Lipinski definition) is 4. The van der Waals surface area contributed by atoms with E-state index >= 15 is 0 Å². The zero-order chi connectivity index (χ0) is 18.3. The Bertz CT molecular complexity index is 909. The molecule has 3 aromatic rings. The fourth-order valence-corrected chi connectivity index (χ4v) is 5.21. The fraction of sp³-hybridized carbons (Fsp3) is 0.429. The Morgan fingerprint density at radius 3 is 2.46 bits per heavy atom. The maximum Gasteiger partial charge on any atom is 0.225 e. The van der Waals surface area contributed by atoms with E-state index in [4.69, 9.17) is 16.6 Å². The van der Waals surface area contributed by atoms with Gasteiger partial charge in [-0.15, -0.1) is 11.3 Å². The van der Waals surface area contributed by atoms with E-state index in [1.54, 1.807) is 11.3 Å². The Kier molecular flexibility index (Phi) is 4.89. The van der Waals surface area contributed by atoms with Crippen molar-refractivity contribution in [1.29, 1.82) is 0 Å². The molecule has 5 heteroatoms. The minimum atomic E-state index is 0.340. The van der Waals surface area contributed by atoms with Crippen LogP contribution in [0.15, 0.2) is 29.6 Å². The summed E-state index contributed by atoms with van der Waals surface area (Å²) in [5, 5.41) is 3.68. The van der Waals surface area contributed by atoms with Crippen LogP contribution in [0.5, 0.6) is 0 Å². The monoisotopic (exact) mass is 385 g/mol. The molecule has 26 heavy (non-hydrogen) atoms. The molecule has 3 nitrogen and oxygen atoms in total. The van der Waals surface area contributed by atoms with E-state index in [1.807, 2.05) is 0 Å². The number of thiophene rings is 1. The van der Waals surface area contributed by atoms with Gasteiger partial charge in [0.15, 0.2) is 0 Å². The van der Waals surface area contributed by atoms with Crippen LogP contribution in [-0.2, 0) is 6.42 Å². The number of rotatable bonds is 3. The fourth-order valence-electron chi connectivity index (χ4n) is 4.06. The first-order valence-electron chi connectivity index (χ1n) is 9.41. The highest BCUT2D eigenvalue weighted by molar-refractivity contribution is 7.17. The summed E-state index contributed by atoms with van der Waals surface area (Å²) in [7, 11) is 0. The van der Waals surface area contributed by atoms with Gasteiger partial charge in [0.05, 0.1) is 5.39 Å². The molecule has 0 radical (unpaired) electrons.